The maximum atomic E-state index is 14.1. The molecule has 32 heavy (non-hydrogen) atoms. The predicted octanol–water partition coefficient (Wildman–Crippen LogP) is 5.23. The number of likely N-dealkylation sites (tertiary alicyclic amines) is 1. The molecule has 0 saturated carbocycles. The number of β-lactam (4-membered cyclic amide) rings is 1. The Morgan fingerprint density at radius 1 is 0.906 bits per heavy atom. The van der Waals surface area contributed by atoms with Crippen molar-refractivity contribution in [3.63, 3.8) is 0 Å². The molecule has 0 unspecified atom stereocenters. The lowest BCUT2D eigenvalue weighted by Crippen LogP contribution is -2.68. The van der Waals surface area contributed by atoms with Gasteiger partial charge in [0.05, 0.1) is 24.3 Å². The van der Waals surface area contributed by atoms with Crippen LogP contribution in [-0.4, -0.2) is 28.1 Å². The molecule has 0 aromatic heterocycles. The summed E-state index contributed by atoms with van der Waals surface area (Å²) in [5.41, 5.74) is 1.80. The molecule has 3 aromatic carbocycles. The Hall–Kier alpha value is -2.95. The summed E-state index contributed by atoms with van der Waals surface area (Å²) in [6.07, 6.45) is -0.462. The van der Waals surface area contributed by atoms with Crippen molar-refractivity contribution in [2.75, 3.05) is 0 Å². The molecule has 1 amide bonds. The van der Waals surface area contributed by atoms with Crippen molar-refractivity contribution in [3.05, 3.63) is 108 Å². The first kappa shape index (κ1) is 20.9. The highest BCUT2D eigenvalue weighted by Gasteiger charge is 2.75. The molecule has 4 nitrogen and oxygen atoms in total. The zero-order valence-electron chi connectivity index (χ0n) is 18.5. The van der Waals surface area contributed by atoms with E-state index in [2.05, 4.69) is 38.1 Å². The smallest absolute Gasteiger partial charge is 0.238 e. The number of epoxide rings is 1. The highest BCUT2D eigenvalue weighted by Crippen LogP contribution is 2.65. The third-order valence-electron chi connectivity index (χ3n) is 7.17. The lowest BCUT2D eigenvalue weighted by molar-refractivity contribution is -0.201. The Morgan fingerprint density at radius 2 is 1.44 bits per heavy atom. The maximum absolute atomic E-state index is 14.1. The van der Waals surface area contributed by atoms with Gasteiger partial charge in [-0.1, -0.05) is 97.9 Å². The fraction of sp³-hybridized carbons (Fsp3) is 0.321. The summed E-state index contributed by atoms with van der Waals surface area (Å²) in [6, 6.07) is 29.3. The van der Waals surface area contributed by atoms with Gasteiger partial charge in [-0.25, -0.2) is 0 Å². The molecule has 0 radical (unpaired) electrons. The van der Waals surface area contributed by atoms with E-state index in [4.69, 9.17) is 4.74 Å². The Morgan fingerprint density at radius 3 is 1.97 bits per heavy atom. The SMILES string of the molecule is CC[C@@H]1O[C@@H]1[C@@]1([C@H](O)c2ccccc2)C(=O)N([C@@H](C)c2ccccc2)[C@@H]1c1ccccc1. The number of aliphatic hydroxyl groups excluding tert-OH is 1. The van der Waals surface area contributed by atoms with E-state index in [1.165, 1.54) is 0 Å². The van der Waals surface area contributed by atoms with Crippen molar-refractivity contribution in [1.82, 2.24) is 4.90 Å². The van der Waals surface area contributed by atoms with Crippen LogP contribution in [0.4, 0.5) is 0 Å². The number of ether oxygens (including phenoxy) is 1. The van der Waals surface area contributed by atoms with Gasteiger partial charge in [0.15, 0.2) is 0 Å². The maximum Gasteiger partial charge on any atom is 0.238 e. The molecule has 1 N–H and O–H groups in total. The van der Waals surface area contributed by atoms with Crippen LogP contribution in [0, 0.1) is 5.41 Å². The third-order valence-corrected chi connectivity index (χ3v) is 7.17. The average Bonchev–Trinajstić information content (AvgIpc) is 3.64. The van der Waals surface area contributed by atoms with Gasteiger partial charge in [0.1, 0.15) is 11.5 Å². The fourth-order valence-electron chi connectivity index (χ4n) is 5.47. The van der Waals surface area contributed by atoms with Gasteiger partial charge in [-0.05, 0) is 30.0 Å². The molecule has 164 valence electrons. The Kier molecular flexibility index (Phi) is 5.36. The lowest BCUT2D eigenvalue weighted by atomic mass is 9.59. The molecule has 0 bridgehead atoms. The van der Waals surface area contributed by atoms with Crippen LogP contribution in [0.3, 0.4) is 0 Å². The standard InChI is InChI=1S/C28H29NO3/c1-3-23-26(32-23)28(25(30)22-17-11-6-12-18-22)24(21-15-9-5-10-16-21)29(27(28)31)19(2)20-13-7-4-8-14-20/h4-19,23-26,30H,3H2,1-2H3/t19-,23-,24+,25+,26-,28+/m0/s1. The fourth-order valence-corrected chi connectivity index (χ4v) is 5.47. The number of amides is 1. The molecule has 2 aliphatic heterocycles. The molecule has 5 rings (SSSR count). The number of benzene rings is 3. The van der Waals surface area contributed by atoms with Crippen molar-refractivity contribution in [2.45, 2.75) is 50.7 Å². The summed E-state index contributed by atoms with van der Waals surface area (Å²) < 4.78 is 6.06. The molecule has 6 atom stereocenters. The summed E-state index contributed by atoms with van der Waals surface area (Å²) in [7, 11) is 0. The number of aliphatic hydroxyl groups is 1. The van der Waals surface area contributed by atoms with Crippen LogP contribution in [0.2, 0.25) is 0 Å². The van der Waals surface area contributed by atoms with Crippen LogP contribution in [0.5, 0.6) is 0 Å². The van der Waals surface area contributed by atoms with Crippen LogP contribution in [0.15, 0.2) is 91.0 Å². The van der Waals surface area contributed by atoms with E-state index in [-0.39, 0.29) is 30.2 Å². The zero-order valence-corrected chi connectivity index (χ0v) is 18.5. The van der Waals surface area contributed by atoms with E-state index in [1.54, 1.807) is 0 Å². The van der Waals surface area contributed by atoms with Gasteiger partial charge in [-0.2, -0.15) is 0 Å². The first-order valence-electron chi connectivity index (χ1n) is 11.4. The number of rotatable bonds is 7. The molecule has 2 saturated heterocycles. The molecule has 4 heteroatoms. The van der Waals surface area contributed by atoms with Gasteiger partial charge in [0.25, 0.3) is 0 Å². The highest BCUT2D eigenvalue weighted by atomic mass is 16.6. The molecule has 0 aliphatic carbocycles. The molecule has 2 heterocycles. The van der Waals surface area contributed by atoms with E-state index in [0.29, 0.717) is 0 Å². The van der Waals surface area contributed by atoms with Gasteiger partial charge in [-0.3, -0.25) is 4.79 Å². The van der Waals surface area contributed by atoms with Crippen LogP contribution in [0.1, 0.15) is 55.1 Å². The largest absolute Gasteiger partial charge is 0.387 e. The number of hydrogen-bond acceptors (Lipinski definition) is 3. The van der Waals surface area contributed by atoms with E-state index in [9.17, 15) is 9.90 Å². The normalized spacial score (nSPS) is 28.7. The summed E-state index contributed by atoms with van der Waals surface area (Å²) in [5, 5.41) is 11.8. The Balaban J connectivity index is 1.64. The van der Waals surface area contributed by atoms with Crippen molar-refractivity contribution >= 4 is 5.91 Å². The van der Waals surface area contributed by atoms with Gasteiger partial charge >= 0.3 is 0 Å². The van der Waals surface area contributed by atoms with Crippen molar-refractivity contribution in [3.8, 4) is 0 Å². The number of nitrogens with zero attached hydrogens (tertiary/aromatic N) is 1. The van der Waals surface area contributed by atoms with Crippen LogP contribution >= 0.6 is 0 Å². The van der Waals surface area contributed by atoms with Gasteiger partial charge < -0.3 is 14.7 Å². The van der Waals surface area contributed by atoms with Crippen molar-refractivity contribution < 1.29 is 14.6 Å². The second-order valence-corrected chi connectivity index (χ2v) is 8.86. The van der Waals surface area contributed by atoms with E-state index >= 15 is 0 Å². The third kappa shape index (κ3) is 3.09. The quantitative estimate of drug-likeness (QED) is 0.415. The molecule has 3 aromatic rings. The van der Waals surface area contributed by atoms with E-state index in [0.717, 1.165) is 23.1 Å². The number of hydrogen-bond donors (Lipinski definition) is 1. The van der Waals surface area contributed by atoms with Crippen molar-refractivity contribution in [2.24, 2.45) is 5.41 Å². The Labute approximate surface area is 189 Å². The summed E-state index contributed by atoms with van der Waals surface area (Å²) in [5.74, 6) is -0.0417. The van der Waals surface area contributed by atoms with Crippen LogP contribution in [-0.2, 0) is 9.53 Å². The second-order valence-electron chi connectivity index (χ2n) is 8.86. The van der Waals surface area contributed by atoms with E-state index < -0.39 is 11.5 Å². The number of carbonyl (C=O) groups is 1. The lowest BCUT2D eigenvalue weighted by Gasteiger charge is -2.60. The van der Waals surface area contributed by atoms with Gasteiger partial charge in [0, 0.05) is 0 Å². The molecule has 2 aliphatic rings. The first-order valence-corrected chi connectivity index (χ1v) is 11.4. The molecular formula is C28H29NO3. The molecular weight excluding hydrogens is 398 g/mol. The minimum Gasteiger partial charge on any atom is -0.387 e. The van der Waals surface area contributed by atoms with Crippen LogP contribution in [0.25, 0.3) is 0 Å². The topological polar surface area (TPSA) is 53.1 Å². The number of carbonyl (C=O) groups excluding carboxylic acids is 1. The monoisotopic (exact) mass is 427 g/mol. The van der Waals surface area contributed by atoms with Gasteiger partial charge in [0.2, 0.25) is 5.91 Å². The highest BCUT2D eigenvalue weighted by molar-refractivity contribution is 5.93. The van der Waals surface area contributed by atoms with Crippen LogP contribution < -0.4 is 0 Å². The molecule has 0 spiro atoms. The summed E-state index contributed by atoms with van der Waals surface area (Å²) in [4.78, 5) is 16.1. The molecule has 2 fully saturated rings. The second kappa shape index (κ2) is 8.19. The average molecular weight is 428 g/mol. The minimum absolute atomic E-state index is 0.0160. The minimum atomic E-state index is -1.05. The van der Waals surface area contributed by atoms with Gasteiger partial charge in [-0.15, -0.1) is 0 Å². The summed E-state index contributed by atoms with van der Waals surface area (Å²) in [6.45, 7) is 4.13. The Bertz CT molecular complexity index is 1070. The summed E-state index contributed by atoms with van der Waals surface area (Å²) >= 11 is 0. The predicted molar refractivity (Wildman–Crippen MR) is 124 cm³/mol. The van der Waals surface area contributed by atoms with Crippen molar-refractivity contribution in [1.29, 1.82) is 0 Å². The zero-order chi connectivity index (χ0) is 22.3. The van der Waals surface area contributed by atoms with E-state index in [1.807, 2.05) is 71.6 Å². The first-order chi connectivity index (χ1) is 15.6.